The van der Waals surface area contributed by atoms with Gasteiger partial charge in [-0.05, 0) is 97.4 Å². The fourth-order valence-electron chi connectivity index (χ4n) is 9.57. The van der Waals surface area contributed by atoms with Crippen LogP contribution in [0.3, 0.4) is 0 Å². The van der Waals surface area contributed by atoms with Crippen LogP contribution < -0.4 is 4.90 Å². The van der Waals surface area contributed by atoms with Crippen molar-refractivity contribution in [1.29, 1.82) is 0 Å². The van der Waals surface area contributed by atoms with Crippen molar-refractivity contribution in [3.8, 4) is 16.8 Å². The zero-order valence-electron chi connectivity index (χ0n) is 31.7. The Hall–Kier alpha value is -7.68. The molecule has 0 saturated heterocycles. The number of para-hydroxylation sites is 2. The van der Waals surface area contributed by atoms with E-state index in [1.807, 2.05) is 0 Å². The Labute approximate surface area is 336 Å². The summed E-state index contributed by atoms with van der Waals surface area (Å²) in [6.07, 6.45) is 0. The van der Waals surface area contributed by atoms with E-state index in [1.165, 1.54) is 86.8 Å². The molecule has 12 aromatic rings. The maximum Gasteiger partial charge on any atom is 0.0625 e. The molecule has 1 heterocycles. The van der Waals surface area contributed by atoms with Crippen LogP contribution in [0.5, 0.6) is 0 Å². The average Bonchev–Trinajstić information content (AvgIpc) is 3.65. The lowest BCUT2D eigenvalue weighted by atomic mass is 9.94. The van der Waals surface area contributed by atoms with Crippen molar-refractivity contribution >= 4 is 92.7 Å². The summed E-state index contributed by atoms with van der Waals surface area (Å²) in [4.78, 5) is 2.51. The van der Waals surface area contributed by atoms with E-state index in [2.05, 4.69) is 228 Å². The summed E-state index contributed by atoms with van der Waals surface area (Å²) in [5, 5.41) is 14.8. The lowest BCUT2D eigenvalue weighted by Crippen LogP contribution is -2.11. The minimum atomic E-state index is 1.10. The van der Waals surface area contributed by atoms with E-state index in [4.69, 9.17) is 0 Å². The van der Waals surface area contributed by atoms with Gasteiger partial charge in [-0.1, -0.05) is 170 Å². The summed E-state index contributed by atoms with van der Waals surface area (Å²) in [6.45, 7) is 0. The van der Waals surface area contributed by atoms with Crippen LogP contribution in [0.4, 0.5) is 17.1 Å². The molecule has 0 atom stereocenters. The van der Waals surface area contributed by atoms with Gasteiger partial charge < -0.3 is 9.47 Å². The highest BCUT2D eigenvalue weighted by atomic mass is 15.1. The molecule has 0 fully saturated rings. The maximum absolute atomic E-state index is 2.51. The van der Waals surface area contributed by atoms with E-state index in [1.54, 1.807) is 0 Å². The summed E-state index contributed by atoms with van der Waals surface area (Å²) in [6, 6.07) is 80.2. The second kappa shape index (κ2) is 12.9. The number of nitrogens with zero attached hydrogens (tertiary/aromatic N) is 2. The monoisotopic (exact) mass is 736 g/mol. The van der Waals surface area contributed by atoms with Crippen LogP contribution in [-0.4, -0.2) is 4.57 Å². The highest BCUT2D eigenvalue weighted by Gasteiger charge is 2.23. The highest BCUT2D eigenvalue weighted by molar-refractivity contribution is 6.24. The smallest absolute Gasteiger partial charge is 0.0625 e. The molecule has 0 radical (unpaired) electrons. The lowest BCUT2D eigenvalue weighted by Gasteiger charge is -2.29. The fraction of sp³-hybridized carbons (Fsp3) is 0. The molecule has 0 aliphatic rings. The van der Waals surface area contributed by atoms with Crippen LogP contribution in [0.2, 0.25) is 0 Å². The van der Waals surface area contributed by atoms with Crippen LogP contribution in [0.15, 0.2) is 218 Å². The van der Waals surface area contributed by atoms with Gasteiger partial charge >= 0.3 is 0 Å². The van der Waals surface area contributed by atoms with Gasteiger partial charge in [-0.3, -0.25) is 0 Å². The number of hydrogen-bond donors (Lipinski definition) is 0. The number of hydrogen-bond acceptors (Lipinski definition) is 1. The zero-order chi connectivity index (χ0) is 38.2. The van der Waals surface area contributed by atoms with E-state index in [0.717, 1.165) is 22.7 Å². The number of anilines is 3. The average molecular weight is 737 g/mol. The third-order valence-corrected chi connectivity index (χ3v) is 12.1. The number of fused-ring (bicyclic) bond motifs is 11. The van der Waals surface area contributed by atoms with Crippen LogP contribution in [0.25, 0.3) is 92.5 Å². The van der Waals surface area contributed by atoms with Crippen molar-refractivity contribution in [2.45, 2.75) is 0 Å². The largest absolute Gasteiger partial charge is 0.309 e. The van der Waals surface area contributed by atoms with Gasteiger partial charge in [-0.2, -0.15) is 0 Å². The summed E-state index contributed by atoms with van der Waals surface area (Å²) in [5.41, 5.74) is 9.37. The maximum atomic E-state index is 2.51. The first kappa shape index (κ1) is 32.6. The summed E-state index contributed by atoms with van der Waals surface area (Å²) in [7, 11) is 0. The molecule has 0 N–H and O–H groups in total. The molecule has 0 unspecified atom stereocenters. The molecular weight excluding hydrogens is 701 g/mol. The number of rotatable bonds is 5. The number of benzene rings is 11. The Morgan fingerprint density at radius 1 is 0.328 bits per heavy atom. The van der Waals surface area contributed by atoms with Crippen LogP contribution in [0, 0.1) is 0 Å². The second-order valence-electron chi connectivity index (χ2n) is 15.3. The van der Waals surface area contributed by atoms with Gasteiger partial charge in [0.05, 0.1) is 22.4 Å². The van der Waals surface area contributed by atoms with Crippen molar-refractivity contribution < 1.29 is 0 Å². The van der Waals surface area contributed by atoms with Crippen molar-refractivity contribution in [3.63, 3.8) is 0 Å². The molecule has 1 aromatic heterocycles. The third kappa shape index (κ3) is 4.92. The summed E-state index contributed by atoms with van der Waals surface area (Å²) in [5.74, 6) is 0. The fourth-order valence-corrected chi connectivity index (χ4v) is 9.57. The van der Waals surface area contributed by atoms with Crippen molar-refractivity contribution in [3.05, 3.63) is 218 Å². The van der Waals surface area contributed by atoms with E-state index >= 15 is 0 Å². The molecule has 2 nitrogen and oxygen atoms in total. The van der Waals surface area contributed by atoms with Crippen LogP contribution >= 0.6 is 0 Å². The van der Waals surface area contributed by atoms with E-state index in [0.29, 0.717) is 0 Å². The van der Waals surface area contributed by atoms with E-state index < -0.39 is 0 Å². The third-order valence-electron chi connectivity index (χ3n) is 12.1. The first-order valence-corrected chi connectivity index (χ1v) is 20.0. The van der Waals surface area contributed by atoms with Crippen LogP contribution in [-0.2, 0) is 0 Å². The number of aromatic nitrogens is 1. The Balaban J connectivity index is 1.19. The molecule has 58 heavy (non-hydrogen) atoms. The molecule has 2 heteroatoms. The molecule has 0 saturated carbocycles. The van der Waals surface area contributed by atoms with Gasteiger partial charge in [-0.25, -0.2) is 0 Å². The molecule has 12 rings (SSSR count). The van der Waals surface area contributed by atoms with Gasteiger partial charge in [0.1, 0.15) is 0 Å². The molecule has 0 spiro atoms. The zero-order valence-corrected chi connectivity index (χ0v) is 31.7. The SMILES string of the molecule is c1ccc(-n2c3ccccc3c3c(-c4cccc(N(c5cc6ccccc6c6ccccc56)c5cc6ccccc6c6ccccc56)c4)cc4ccccc4c32)cc1. The van der Waals surface area contributed by atoms with Crippen molar-refractivity contribution in [2.75, 3.05) is 4.90 Å². The quantitative estimate of drug-likeness (QED) is 0.160. The first-order chi connectivity index (χ1) is 28.8. The van der Waals surface area contributed by atoms with Gasteiger partial charge in [-0.15, -0.1) is 0 Å². The lowest BCUT2D eigenvalue weighted by molar-refractivity contribution is 1.19. The first-order valence-electron chi connectivity index (χ1n) is 20.0. The minimum absolute atomic E-state index is 1.10. The molecule has 0 amide bonds. The Morgan fingerprint density at radius 2 is 0.810 bits per heavy atom. The highest BCUT2D eigenvalue weighted by Crippen LogP contribution is 2.48. The molecular formula is C56H36N2. The molecule has 0 aliphatic heterocycles. The van der Waals surface area contributed by atoms with Gasteiger partial charge in [0.15, 0.2) is 0 Å². The molecule has 0 bridgehead atoms. The van der Waals surface area contributed by atoms with Gasteiger partial charge in [0.2, 0.25) is 0 Å². The normalized spacial score (nSPS) is 11.8. The Bertz CT molecular complexity index is 3460. The Morgan fingerprint density at radius 3 is 1.43 bits per heavy atom. The van der Waals surface area contributed by atoms with Crippen molar-refractivity contribution in [1.82, 2.24) is 4.57 Å². The minimum Gasteiger partial charge on any atom is -0.309 e. The van der Waals surface area contributed by atoms with E-state index in [9.17, 15) is 0 Å². The summed E-state index contributed by atoms with van der Waals surface area (Å²) >= 11 is 0. The standard InChI is InChI=1S/C56H36N2/c1-2-21-41(22-3-1)58-52-32-15-14-31-50(52)55-51(34-38-17-6-9-26-45(38)56(55)58)37-20-16-23-42(33-37)57(53-35-39-18-4-7-24-43(39)46-27-10-12-29-48(46)53)54-36-40-19-5-8-25-44(40)47-28-11-13-30-49(47)54/h1-36H. The molecule has 270 valence electrons. The summed E-state index contributed by atoms with van der Waals surface area (Å²) < 4.78 is 2.45. The van der Waals surface area contributed by atoms with E-state index in [-0.39, 0.29) is 0 Å². The molecule has 11 aromatic carbocycles. The predicted molar refractivity (Wildman–Crippen MR) is 248 cm³/mol. The Kier molecular flexibility index (Phi) is 7.26. The predicted octanol–water partition coefficient (Wildman–Crippen LogP) is 15.7. The van der Waals surface area contributed by atoms with Gasteiger partial charge in [0, 0.05) is 38.3 Å². The van der Waals surface area contributed by atoms with Gasteiger partial charge in [0.25, 0.3) is 0 Å². The second-order valence-corrected chi connectivity index (χ2v) is 15.3. The van der Waals surface area contributed by atoms with Crippen LogP contribution in [0.1, 0.15) is 0 Å². The topological polar surface area (TPSA) is 8.17 Å². The van der Waals surface area contributed by atoms with Crippen molar-refractivity contribution in [2.24, 2.45) is 0 Å². The molecule has 0 aliphatic carbocycles.